The predicted octanol–water partition coefficient (Wildman–Crippen LogP) is 1.90. The van der Waals surface area contributed by atoms with Gasteiger partial charge in [0.1, 0.15) is 5.75 Å². The van der Waals surface area contributed by atoms with Crippen molar-refractivity contribution in [3.63, 3.8) is 0 Å². The molecule has 0 aromatic heterocycles. The van der Waals surface area contributed by atoms with Crippen LogP contribution in [-0.2, 0) is 10.0 Å². The third-order valence-electron chi connectivity index (χ3n) is 2.73. The van der Waals surface area contributed by atoms with Gasteiger partial charge >= 0.3 is 0 Å². The van der Waals surface area contributed by atoms with Crippen molar-refractivity contribution in [3.8, 4) is 5.75 Å². The van der Waals surface area contributed by atoms with E-state index in [1.807, 2.05) is 12.1 Å². The normalized spacial score (nSPS) is 12.0. The van der Waals surface area contributed by atoms with Gasteiger partial charge in [0, 0.05) is 30.9 Å². The molecule has 5 heteroatoms. The van der Waals surface area contributed by atoms with Gasteiger partial charge in [-0.3, -0.25) is 0 Å². The second-order valence-electron chi connectivity index (χ2n) is 4.02. The highest BCUT2D eigenvalue weighted by molar-refractivity contribution is 7.89. The summed E-state index contributed by atoms with van der Waals surface area (Å²) in [7, 11) is 1.07. The van der Waals surface area contributed by atoms with Crippen LogP contribution in [0.4, 0.5) is 0 Å². The van der Waals surface area contributed by atoms with Gasteiger partial charge in [-0.15, -0.1) is 0 Å². The molecule has 0 unspecified atom stereocenters. The van der Waals surface area contributed by atoms with E-state index in [2.05, 4.69) is 6.07 Å². The average molecular weight is 264 g/mol. The first-order valence-corrected chi connectivity index (χ1v) is 6.82. The molecule has 0 aliphatic heterocycles. The number of fused-ring (bicyclic) bond motifs is 1. The summed E-state index contributed by atoms with van der Waals surface area (Å²) in [4.78, 5) is 0.240. The standard InChI is InChI=1S/C13H14NO3S/c1-14(2)18(15,16)13-9-8-12(17-3)10-6-4-5-7-11(10)13/h4-7,9H,1-3H3. The molecule has 0 spiro atoms. The molecule has 1 radical (unpaired) electrons. The Morgan fingerprint density at radius 2 is 1.78 bits per heavy atom. The monoisotopic (exact) mass is 264 g/mol. The number of methoxy groups -OCH3 is 1. The number of nitrogens with zero attached hydrogens (tertiary/aromatic N) is 1. The van der Waals surface area contributed by atoms with Crippen LogP contribution in [0, 0.1) is 6.07 Å². The van der Waals surface area contributed by atoms with E-state index in [9.17, 15) is 8.42 Å². The molecule has 0 saturated carbocycles. The van der Waals surface area contributed by atoms with E-state index >= 15 is 0 Å². The number of benzene rings is 2. The van der Waals surface area contributed by atoms with Crippen molar-refractivity contribution in [3.05, 3.63) is 36.4 Å². The predicted molar refractivity (Wildman–Crippen MR) is 70.2 cm³/mol. The molecule has 0 N–H and O–H groups in total. The van der Waals surface area contributed by atoms with Gasteiger partial charge in [-0.25, -0.2) is 12.7 Å². The van der Waals surface area contributed by atoms with Crippen LogP contribution in [-0.4, -0.2) is 33.9 Å². The van der Waals surface area contributed by atoms with E-state index in [0.29, 0.717) is 11.1 Å². The van der Waals surface area contributed by atoms with E-state index in [0.717, 1.165) is 5.39 Å². The molecule has 0 bridgehead atoms. The number of rotatable bonds is 3. The molecule has 4 nitrogen and oxygen atoms in total. The summed E-state index contributed by atoms with van der Waals surface area (Å²) >= 11 is 0. The van der Waals surface area contributed by atoms with Crippen molar-refractivity contribution < 1.29 is 13.2 Å². The molecule has 0 fully saturated rings. The van der Waals surface area contributed by atoms with Crippen molar-refractivity contribution in [2.45, 2.75) is 4.90 Å². The van der Waals surface area contributed by atoms with Crippen LogP contribution in [0.5, 0.6) is 5.75 Å². The van der Waals surface area contributed by atoms with E-state index in [1.54, 1.807) is 19.2 Å². The Kier molecular flexibility index (Phi) is 3.28. The van der Waals surface area contributed by atoms with Gasteiger partial charge in [0.25, 0.3) is 0 Å². The maximum Gasteiger partial charge on any atom is 0.243 e. The van der Waals surface area contributed by atoms with Gasteiger partial charge in [-0.05, 0) is 6.07 Å². The van der Waals surface area contributed by atoms with Crippen LogP contribution in [0.3, 0.4) is 0 Å². The zero-order valence-corrected chi connectivity index (χ0v) is 11.3. The minimum Gasteiger partial charge on any atom is -0.495 e. The molecule has 0 saturated heterocycles. The molecule has 0 atom stereocenters. The zero-order valence-electron chi connectivity index (χ0n) is 10.5. The minimum absolute atomic E-state index is 0.240. The van der Waals surface area contributed by atoms with Gasteiger partial charge < -0.3 is 4.74 Å². The summed E-state index contributed by atoms with van der Waals surface area (Å²) in [5.74, 6) is 0.545. The van der Waals surface area contributed by atoms with Crippen molar-refractivity contribution >= 4 is 20.8 Å². The Labute approximate surface area is 107 Å². The van der Waals surface area contributed by atoms with Crippen LogP contribution in [0.15, 0.2) is 35.2 Å². The maximum absolute atomic E-state index is 12.2. The Morgan fingerprint density at radius 1 is 1.17 bits per heavy atom. The van der Waals surface area contributed by atoms with Crippen molar-refractivity contribution in [1.29, 1.82) is 0 Å². The molecule has 95 valence electrons. The number of ether oxygens (including phenoxy) is 1. The first-order valence-electron chi connectivity index (χ1n) is 5.38. The molecule has 0 aliphatic rings. The second-order valence-corrected chi connectivity index (χ2v) is 6.14. The molecule has 18 heavy (non-hydrogen) atoms. The third kappa shape index (κ3) is 1.95. The molecule has 0 heterocycles. The lowest BCUT2D eigenvalue weighted by Gasteiger charge is -2.14. The lowest BCUT2D eigenvalue weighted by atomic mass is 10.1. The van der Waals surface area contributed by atoms with E-state index < -0.39 is 10.0 Å². The van der Waals surface area contributed by atoms with E-state index in [1.165, 1.54) is 24.5 Å². The third-order valence-corrected chi connectivity index (χ3v) is 4.59. The molecule has 2 aromatic carbocycles. The zero-order chi connectivity index (χ0) is 13.3. The second kappa shape index (κ2) is 4.59. The lowest BCUT2D eigenvalue weighted by Crippen LogP contribution is -2.22. The van der Waals surface area contributed by atoms with Crippen LogP contribution in [0.2, 0.25) is 0 Å². The summed E-state index contributed by atoms with van der Waals surface area (Å²) in [5.41, 5.74) is 0. The minimum atomic E-state index is -3.48. The average Bonchev–Trinajstić information content (AvgIpc) is 2.37. The van der Waals surface area contributed by atoms with Crippen LogP contribution in [0.1, 0.15) is 0 Å². The Balaban J connectivity index is 2.83. The largest absolute Gasteiger partial charge is 0.495 e. The topological polar surface area (TPSA) is 46.6 Å². The van der Waals surface area contributed by atoms with Crippen molar-refractivity contribution in [2.75, 3.05) is 21.2 Å². The molecule has 2 rings (SSSR count). The molecular formula is C13H14NO3S. The van der Waals surface area contributed by atoms with Crippen molar-refractivity contribution in [2.24, 2.45) is 0 Å². The summed E-state index contributed by atoms with van der Waals surface area (Å²) in [6.07, 6.45) is 0. The highest BCUT2D eigenvalue weighted by Gasteiger charge is 2.21. The van der Waals surface area contributed by atoms with Gasteiger partial charge in [0.15, 0.2) is 0 Å². The van der Waals surface area contributed by atoms with Gasteiger partial charge in [-0.1, -0.05) is 24.3 Å². The molecule has 0 aliphatic carbocycles. The molecular weight excluding hydrogens is 250 g/mol. The fourth-order valence-corrected chi connectivity index (χ4v) is 2.82. The summed E-state index contributed by atoms with van der Waals surface area (Å²) in [5, 5.41) is 1.38. The maximum atomic E-state index is 12.2. The first kappa shape index (κ1) is 12.9. The Morgan fingerprint density at radius 3 is 2.33 bits per heavy atom. The van der Waals surface area contributed by atoms with Crippen LogP contribution in [0.25, 0.3) is 10.8 Å². The number of hydrogen-bond acceptors (Lipinski definition) is 3. The quantitative estimate of drug-likeness (QED) is 0.850. The van der Waals surface area contributed by atoms with Crippen LogP contribution >= 0.6 is 0 Å². The highest BCUT2D eigenvalue weighted by atomic mass is 32.2. The van der Waals surface area contributed by atoms with Gasteiger partial charge in [0.2, 0.25) is 10.0 Å². The van der Waals surface area contributed by atoms with Crippen molar-refractivity contribution in [1.82, 2.24) is 4.31 Å². The summed E-state index contributed by atoms with van der Waals surface area (Å²) < 4.78 is 30.8. The molecule has 2 aromatic rings. The number of sulfonamides is 1. The first-order chi connectivity index (χ1) is 8.48. The SMILES string of the molecule is COc1[c]cc(S(=O)(=O)N(C)C)c2ccccc12. The number of hydrogen-bond donors (Lipinski definition) is 0. The van der Waals surface area contributed by atoms with E-state index in [4.69, 9.17) is 4.74 Å². The Hall–Kier alpha value is -1.59. The summed E-state index contributed by atoms with van der Waals surface area (Å²) in [6.45, 7) is 0. The van der Waals surface area contributed by atoms with Crippen LogP contribution < -0.4 is 4.74 Å². The van der Waals surface area contributed by atoms with Gasteiger partial charge in [-0.2, -0.15) is 0 Å². The fraction of sp³-hybridized carbons (Fsp3) is 0.231. The smallest absolute Gasteiger partial charge is 0.243 e. The lowest BCUT2D eigenvalue weighted by molar-refractivity contribution is 0.418. The summed E-state index contributed by atoms with van der Waals surface area (Å²) in [6, 6.07) is 11.5. The van der Waals surface area contributed by atoms with E-state index in [-0.39, 0.29) is 4.90 Å². The Bertz CT molecular complexity index is 678. The fourth-order valence-electron chi connectivity index (χ4n) is 1.76. The van der Waals surface area contributed by atoms with Gasteiger partial charge in [0.05, 0.1) is 12.0 Å². The molecule has 0 amide bonds. The highest BCUT2D eigenvalue weighted by Crippen LogP contribution is 2.31.